The number of carbonyl (C=O) groups is 4. The highest BCUT2D eigenvalue weighted by Crippen LogP contribution is 2.53. The number of aliphatic carboxylic acids is 1. The first-order chi connectivity index (χ1) is 19.5. The first kappa shape index (κ1) is 29.8. The van der Waals surface area contributed by atoms with Gasteiger partial charge in [0.05, 0.1) is 17.6 Å². The third kappa shape index (κ3) is 6.77. The van der Waals surface area contributed by atoms with Crippen molar-refractivity contribution in [2.24, 2.45) is 23.2 Å². The number of fused-ring (bicyclic) bond motifs is 1. The number of allylic oxidation sites excluding steroid dienone is 4. The zero-order valence-corrected chi connectivity index (χ0v) is 23.6. The molecule has 2 aromatic carbocycles. The minimum atomic E-state index is -1.18. The van der Waals surface area contributed by atoms with Crippen LogP contribution in [0.5, 0.6) is 0 Å². The van der Waals surface area contributed by atoms with Crippen LogP contribution < -0.4 is 5.32 Å². The standard InChI is InChI=1S/C32H32ClNO7/c1-19-15-25-17-21(12-14-41-31(40)34-27-9-7-22(8-10-27)20(2)35)11-13-32(25,30(38)39)26(16-19)18-28(33)23-3-5-24(6-4-23)29(36)37/h3-11,13,16,18,21,25-26H,12,14-15,17H2,1-2H3,(H,34,40)(H,36,37)(H,38,39)/b28-18-/t21-,25-,26-,32-/m0/s1. The van der Waals surface area contributed by atoms with Crippen molar-refractivity contribution < 1.29 is 34.1 Å². The first-order valence-electron chi connectivity index (χ1n) is 13.4. The van der Waals surface area contributed by atoms with Crippen LogP contribution in [-0.4, -0.2) is 40.6 Å². The molecule has 0 bridgehead atoms. The molecule has 0 aromatic heterocycles. The second kappa shape index (κ2) is 12.6. The second-order valence-corrected chi connectivity index (χ2v) is 11.0. The lowest BCUT2D eigenvalue weighted by Crippen LogP contribution is -2.47. The van der Waals surface area contributed by atoms with Crippen LogP contribution in [0.15, 0.2) is 78.4 Å². The Kier molecular flexibility index (Phi) is 9.13. The highest BCUT2D eigenvalue weighted by molar-refractivity contribution is 6.48. The van der Waals surface area contributed by atoms with Crippen LogP contribution in [0, 0.1) is 23.2 Å². The van der Waals surface area contributed by atoms with E-state index in [4.69, 9.17) is 21.4 Å². The Bertz CT molecular complexity index is 1420. The largest absolute Gasteiger partial charge is 0.481 e. The number of carboxylic acid groups (broad SMARTS) is 2. The van der Waals surface area contributed by atoms with E-state index in [1.807, 2.05) is 19.1 Å². The van der Waals surface area contributed by atoms with Gasteiger partial charge in [-0.15, -0.1) is 0 Å². The molecule has 0 saturated carbocycles. The van der Waals surface area contributed by atoms with Crippen molar-refractivity contribution in [2.45, 2.75) is 33.1 Å². The molecular formula is C32H32ClNO7. The van der Waals surface area contributed by atoms with Crippen LogP contribution in [0.2, 0.25) is 0 Å². The molecule has 3 N–H and O–H groups in total. The van der Waals surface area contributed by atoms with Crippen LogP contribution >= 0.6 is 11.6 Å². The van der Waals surface area contributed by atoms with Crippen LogP contribution in [0.3, 0.4) is 0 Å². The number of ketones is 1. The Balaban J connectivity index is 1.43. The molecule has 0 saturated heterocycles. The lowest BCUT2D eigenvalue weighted by Gasteiger charge is -2.46. The van der Waals surface area contributed by atoms with E-state index < -0.39 is 29.4 Å². The number of amides is 1. The summed E-state index contributed by atoms with van der Waals surface area (Å²) in [6.45, 7) is 3.61. The Morgan fingerprint density at radius 3 is 2.27 bits per heavy atom. The molecule has 2 aliphatic carbocycles. The SMILES string of the molecule is CC(=O)c1ccc(NC(=O)OCC[C@@H]2C=C[C@]3(C(=O)O)[C@@H](CC(C)=C[C@H]3/C=C(\Cl)c3ccc(C(=O)O)cc3)C2)cc1. The van der Waals surface area contributed by atoms with E-state index in [2.05, 4.69) is 5.32 Å². The summed E-state index contributed by atoms with van der Waals surface area (Å²) in [6.07, 6.45) is 8.53. The molecule has 0 unspecified atom stereocenters. The number of hydrogen-bond donors (Lipinski definition) is 3. The number of halogens is 1. The number of Topliss-reactive ketones (excluding diaryl/α,β-unsaturated/α-hetero) is 1. The summed E-state index contributed by atoms with van der Waals surface area (Å²) in [5.41, 5.74) is 1.70. The number of ether oxygens (including phenoxy) is 1. The van der Waals surface area contributed by atoms with Crippen LogP contribution in [0.25, 0.3) is 5.03 Å². The Morgan fingerprint density at radius 2 is 1.66 bits per heavy atom. The lowest BCUT2D eigenvalue weighted by molar-refractivity contribution is -0.152. The van der Waals surface area contributed by atoms with E-state index in [9.17, 15) is 24.3 Å². The van der Waals surface area contributed by atoms with Gasteiger partial charge in [-0.05, 0) is 86.9 Å². The Morgan fingerprint density at radius 1 is 1.02 bits per heavy atom. The number of anilines is 1. The maximum absolute atomic E-state index is 12.8. The number of aromatic carboxylic acids is 1. The third-order valence-electron chi connectivity index (χ3n) is 7.85. The average molecular weight is 578 g/mol. The summed E-state index contributed by atoms with van der Waals surface area (Å²) in [5.74, 6) is -2.69. The molecule has 8 nitrogen and oxygen atoms in total. The van der Waals surface area contributed by atoms with Crippen LogP contribution in [0.4, 0.5) is 10.5 Å². The molecular weight excluding hydrogens is 546 g/mol. The molecule has 4 atom stereocenters. The van der Waals surface area contributed by atoms with Crippen molar-refractivity contribution in [3.05, 3.63) is 95.1 Å². The zero-order chi connectivity index (χ0) is 29.7. The van der Waals surface area contributed by atoms with Crippen molar-refractivity contribution in [2.75, 3.05) is 11.9 Å². The van der Waals surface area contributed by atoms with E-state index in [-0.39, 0.29) is 29.8 Å². The molecule has 9 heteroatoms. The monoisotopic (exact) mass is 577 g/mol. The van der Waals surface area contributed by atoms with E-state index in [1.54, 1.807) is 48.6 Å². The quantitative estimate of drug-likeness (QED) is 0.215. The minimum absolute atomic E-state index is 0.0321. The number of carboxylic acids is 2. The summed E-state index contributed by atoms with van der Waals surface area (Å²) < 4.78 is 5.36. The molecule has 0 heterocycles. The van der Waals surface area contributed by atoms with E-state index in [0.717, 1.165) is 5.57 Å². The van der Waals surface area contributed by atoms with Gasteiger partial charge in [-0.2, -0.15) is 0 Å². The van der Waals surface area contributed by atoms with E-state index in [1.165, 1.54) is 19.1 Å². The van der Waals surface area contributed by atoms with Crippen molar-refractivity contribution in [1.82, 2.24) is 0 Å². The van der Waals surface area contributed by atoms with Crippen molar-refractivity contribution in [3.63, 3.8) is 0 Å². The van der Waals surface area contributed by atoms with Gasteiger partial charge in [0, 0.05) is 22.2 Å². The molecule has 0 fully saturated rings. The summed E-state index contributed by atoms with van der Waals surface area (Å²) in [7, 11) is 0. The predicted molar refractivity (Wildman–Crippen MR) is 156 cm³/mol. The predicted octanol–water partition coefficient (Wildman–Crippen LogP) is 7.04. The van der Waals surface area contributed by atoms with Crippen molar-refractivity contribution in [1.29, 1.82) is 0 Å². The molecule has 0 aliphatic heterocycles. The van der Waals surface area contributed by atoms with Gasteiger partial charge in [0.25, 0.3) is 0 Å². The average Bonchev–Trinajstić information content (AvgIpc) is 2.93. The molecule has 2 aliphatic rings. The molecule has 2 aromatic rings. The van der Waals surface area contributed by atoms with Gasteiger partial charge in [0.2, 0.25) is 0 Å². The number of rotatable bonds is 9. The maximum atomic E-state index is 12.8. The molecule has 4 rings (SSSR count). The zero-order valence-electron chi connectivity index (χ0n) is 22.8. The third-order valence-corrected chi connectivity index (χ3v) is 8.20. The summed E-state index contributed by atoms with van der Waals surface area (Å²) in [6, 6.07) is 12.7. The fourth-order valence-electron chi connectivity index (χ4n) is 5.67. The number of nitrogens with one attached hydrogen (secondary N) is 1. The molecule has 214 valence electrons. The fraction of sp³-hybridized carbons (Fsp3) is 0.312. The van der Waals surface area contributed by atoms with Crippen molar-refractivity contribution >= 4 is 46.1 Å². The summed E-state index contributed by atoms with van der Waals surface area (Å²) in [4.78, 5) is 47.6. The van der Waals surface area contributed by atoms with Gasteiger partial charge in [-0.3, -0.25) is 14.9 Å². The van der Waals surface area contributed by atoms with Crippen molar-refractivity contribution in [3.8, 4) is 0 Å². The minimum Gasteiger partial charge on any atom is -0.481 e. The van der Waals surface area contributed by atoms with Gasteiger partial charge in [0.15, 0.2) is 5.78 Å². The Labute approximate surface area is 243 Å². The number of benzene rings is 2. The molecule has 0 radical (unpaired) electrons. The smallest absolute Gasteiger partial charge is 0.411 e. The highest BCUT2D eigenvalue weighted by atomic mass is 35.5. The highest BCUT2D eigenvalue weighted by Gasteiger charge is 2.52. The fourth-order valence-corrected chi connectivity index (χ4v) is 5.93. The van der Waals surface area contributed by atoms with Gasteiger partial charge < -0.3 is 14.9 Å². The topological polar surface area (TPSA) is 130 Å². The maximum Gasteiger partial charge on any atom is 0.411 e. The first-order valence-corrected chi connectivity index (χ1v) is 13.7. The lowest BCUT2D eigenvalue weighted by atomic mass is 9.56. The Hall–Kier alpha value is -4.17. The second-order valence-electron chi connectivity index (χ2n) is 10.6. The summed E-state index contributed by atoms with van der Waals surface area (Å²) >= 11 is 6.62. The van der Waals surface area contributed by atoms with E-state index in [0.29, 0.717) is 41.1 Å². The molecule has 41 heavy (non-hydrogen) atoms. The van der Waals surface area contributed by atoms with E-state index >= 15 is 0 Å². The summed E-state index contributed by atoms with van der Waals surface area (Å²) in [5, 5.41) is 22.6. The van der Waals surface area contributed by atoms with Gasteiger partial charge in [0.1, 0.15) is 0 Å². The van der Waals surface area contributed by atoms with Crippen LogP contribution in [-0.2, 0) is 9.53 Å². The van der Waals surface area contributed by atoms with Gasteiger partial charge in [-0.1, -0.05) is 53.6 Å². The van der Waals surface area contributed by atoms with Gasteiger partial charge in [-0.25, -0.2) is 9.59 Å². The number of carbonyl (C=O) groups excluding carboxylic acids is 2. The molecule has 0 spiro atoms. The molecule has 1 amide bonds. The van der Waals surface area contributed by atoms with Gasteiger partial charge >= 0.3 is 18.0 Å². The van der Waals surface area contributed by atoms with Crippen LogP contribution in [0.1, 0.15) is 59.4 Å². The number of hydrogen-bond acceptors (Lipinski definition) is 5. The normalized spacial score (nSPS) is 23.6.